The van der Waals surface area contributed by atoms with E-state index in [9.17, 15) is 14.4 Å². The molecule has 1 saturated heterocycles. The number of ether oxygens (including phenoxy) is 1. The summed E-state index contributed by atoms with van der Waals surface area (Å²) in [5.74, 6) is -0.347. The van der Waals surface area contributed by atoms with Gasteiger partial charge in [-0.25, -0.2) is 4.79 Å². The molecule has 3 rings (SSSR count). The van der Waals surface area contributed by atoms with Crippen LogP contribution in [0.3, 0.4) is 0 Å². The molecule has 3 amide bonds. The molecule has 2 aromatic carbocycles. The molecule has 1 aliphatic heterocycles. The molecule has 2 aromatic rings. The lowest BCUT2D eigenvalue weighted by atomic mass is 9.88. The molecule has 1 fully saturated rings. The van der Waals surface area contributed by atoms with Crippen molar-refractivity contribution < 1.29 is 19.1 Å². The van der Waals surface area contributed by atoms with Gasteiger partial charge in [-0.15, -0.1) is 0 Å². The fourth-order valence-electron chi connectivity index (χ4n) is 4.24. The summed E-state index contributed by atoms with van der Waals surface area (Å²) < 4.78 is 5.38. The summed E-state index contributed by atoms with van der Waals surface area (Å²) in [4.78, 5) is 42.3. The van der Waals surface area contributed by atoms with E-state index < -0.39 is 12.1 Å². The molecule has 1 aliphatic rings. The van der Waals surface area contributed by atoms with Gasteiger partial charge in [0.25, 0.3) is 0 Å². The minimum atomic E-state index is -0.797. The van der Waals surface area contributed by atoms with Crippen molar-refractivity contribution in [3.63, 3.8) is 0 Å². The molecule has 1 heterocycles. The van der Waals surface area contributed by atoms with Crippen molar-refractivity contribution >= 4 is 23.6 Å². The zero-order chi connectivity index (χ0) is 25.9. The lowest BCUT2D eigenvalue weighted by Gasteiger charge is -2.35. The Hall–Kier alpha value is -3.43. The highest BCUT2D eigenvalue weighted by molar-refractivity contribution is 5.96. The van der Waals surface area contributed by atoms with Gasteiger partial charge in [-0.2, -0.15) is 0 Å². The van der Waals surface area contributed by atoms with E-state index >= 15 is 0 Å². The smallest absolute Gasteiger partial charge is 0.408 e. The molecule has 9 nitrogen and oxygen atoms in total. The molecule has 0 bridgehead atoms. The normalized spacial score (nSPS) is 14.8. The maximum absolute atomic E-state index is 13.3. The summed E-state index contributed by atoms with van der Waals surface area (Å²) in [7, 11) is 3.88. The Morgan fingerprint density at radius 2 is 1.75 bits per heavy atom. The SMILES string of the molecule is CN(C)CCC(=O)N1CCC([C@@H](NC(=O)OCc2ccccc2)C(=O)Nc2cccc(CN)c2)CC1. The molecule has 0 aromatic heterocycles. The van der Waals surface area contributed by atoms with Gasteiger partial charge in [0.2, 0.25) is 11.8 Å². The Morgan fingerprint density at radius 1 is 1.06 bits per heavy atom. The Kier molecular flexibility index (Phi) is 10.3. The van der Waals surface area contributed by atoms with E-state index in [2.05, 4.69) is 10.6 Å². The van der Waals surface area contributed by atoms with Crippen LogP contribution in [0.15, 0.2) is 54.6 Å². The molecule has 0 radical (unpaired) electrons. The van der Waals surface area contributed by atoms with Gasteiger partial charge in [-0.05, 0) is 56.1 Å². The van der Waals surface area contributed by atoms with Crippen molar-refractivity contribution in [2.45, 2.75) is 38.5 Å². The van der Waals surface area contributed by atoms with Gasteiger partial charge in [0.05, 0.1) is 0 Å². The van der Waals surface area contributed by atoms with Crippen LogP contribution >= 0.6 is 0 Å². The monoisotopic (exact) mass is 495 g/mol. The first-order chi connectivity index (χ1) is 17.4. The molecule has 0 spiro atoms. The highest BCUT2D eigenvalue weighted by Gasteiger charge is 2.34. The van der Waals surface area contributed by atoms with Crippen LogP contribution in [0.4, 0.5) is 10.5 Å². The quantitative estimate of drug-likeness (QED) is 0.466. The summed E-state index contributed by atoms with van der Waals surface area (Å²) in [6.45, 7) is 2.25. The largest absolute Gasteiger partial charge is 0.445 e. The van der Waals surface area contributed by atoms with Gasteiger partial charge in [0.1, 0.15) is 12.6 Å². The molecule has 0 aliphatic carbocycles. The molecule has 9 heteroatoms. The first-order valence-electron chi connectivity index (χ1n) is 12.4. The number of nitrogens with two attached hydrogens (primary N) is 1. The van der Waals surface area contributed by atoms with Crippen LogP contribution in [0.1, 0.15) is 30.4 Å². The van der Waals surface area contributed by atoms with Crippen LogP contribution in [-0.2, 0) is 27.5 Å². The van der Waals surface area contributed by atoms with E-state index in [1.54, 1.807) is 6.07 Å². The number of hydrogen-bond acceptors (Lipinski definition) is 6. The van der Waals surface area contributed by atoms with E-state index in [0.29, 0.717) is 51.1 Å². The van der Waals surface area contributed by atoms with Gasteiger partial charge in [-0.3, -0.25) is 9.59 Å². The van der Waals surface area contributed by atoms with Crippen molar-refractivity contribution in [2.75, 3.05) is 39.0 Å². The summed E-state index contributed by atoms with van der Waals surface area (Å²) in [5, 5.41) is 5.69. The van der Waals surface area contributed by atoms with Crippen LogP contribution < -0.4 is 16.4 Å². The molecule has 194 valence electrons. The third-order valence-electron chi connectivity index (χ3n) is 6.34. The third kappa shape index (κ3) is 8.35. The highest BCUT2D eigenvalue weighted by Crippen LogP contribution is 2.23. The zero-order valence-electron chi connectivity index (χ0n) is 21.1. The first kappa shape index (κ1) is 27.2. The number of rotatable bonds is 10. The van der Waals surface area contributed by atoms with E-state index in [1.807, 2.05) is 72.4 Å². The standard InChI is InChI=1S/C27H37N5O4/c1-31(2)14-13-24(33)32-15-11-22(12-16-32)25(26(34)29-23-10-6-9-21(17-23)18-28)30-27(35)36-19-20-7-4-3-5-8-20/h3-10,17,22,25H,11-16,18-19,28H2,1-2H3,(H,29,34)(H,30,35)/t25-/m1/s1. The van der Waals surface area contributed by atoms with Crippen molar-refractivity contribution in [1.82, 2.24) is 15.1 Å². The van der Waals surface area contributed by atoms with Gasteiger partial charge in [0, 0.05) is 38.3 Å². The Bertz CT molecular complexity index is 1010. The van der Waals surface area contributed by atoms with E-state index in [1.165, 1.54) is 0 Å². The fraction of sp³-hybridized carbons (Fsp3) is 0.444. The predicted octanol–water partition coefficient (Wildman–Crippen LogP) is 2.57. The molecule has 4 N–H and O–H groups in total. The number of amides is 3. The predicted molar refractivity (Wildman–Crippen MR) is 139 cm³/mol. The summed E-state index contributed by atoms with van der Waals surface area (Å²) in [5.41, 5.74) is 8.09. The van der Waals surface area contributed by atoms with Crippen LogP contribution in [0, 0.1) is 5.92 Å². The summed E-state index contributed by atoms with van der Waals surface area (Å²) in [6, 6.07) is 15.9. The molecule has 1 atom stereocenters. The number of alkyl carbamates (subject to hydrolysis) is 1. The number of hydrogen-bond donors (Lipinski definition) is 3. The molecule has 0 saturated carbocycles. The summed E-state index contributed by atoms with van der Waals surface area (Å²) in [6.07, 6.45) is 1.02. The number of likely N-dealkylation sites (tertiary alicyclic amines) is 1. The molecular formula is C27H37N5O4. The van der Waals surface area contributed by atoms with Crippen LogP contribution in [0.25, 0.3) is 0 Å². The Balaban J connectivity index is 1.65. The van der Waals surface area contributed by atoms with Gasteiger partial charge >= 0.3 is 6.09 Å². The second-order valence-electron chi connectivity index (χ2n) is 9.35. The average molecular weight is 496 g/mol. The van der Waals surface area contributed by atoms with E-state index in [0.717, 1.165) is 11.1 Å². The molecule has 0 unspecified atom stereocenters. The van der Waals surface area contributed by atoms with Crippen LogP contribution in [0.5, 0.6) is 0 Å². The minimum Gasteiger partial charge on any atom is -0.445 e. The Morgan fingerprint density at radius 3 is 2.42 bits per heavy atom. The number of piperidine rings is 1. The second-order valence-corrected chi connectivity index (χ2v) is 9.35. The summed E-state index contributed by atoms with van der Waals surface area (Å²) >= 11 is 0. The highest BCUT2D eigenvalue weighted by atomic mass is 16.5. The zero-order valence-corrected chi connectivity index (χ0v) is 21.1. The van der Waals surface area contributed by atoms with E-state index in [4.69, 9.17) is 10.5 Å². The lowest BCUT2D eigenvalue weighted by Crippen LogP contribution is -2.52. The van der Waals surface area contributed by atoms with Crippen LogP contribution in [0.2, 0.25) is 0 Å². The lowest BCUT2D eigenvalue weighted by molar-refractivity contribution is -0.133. The average Bonchev–Trinajstić information content (AvgIpc) is 2.90. The Labute approximate surface area is 213 Å². The van der Waals surface area contributed by atoms with Gasteiger partial charge in [0.15, 0.2) is 0 Å². The number of nitrogens with zero attached hydrogens (tertiary/aromatic N) is 2. The van der Waals surface area contributed by atoms with Gasteiger partial charge in [-0.1, -0.05) is 42.5 Å². The topological polar surface area (TPSA) is 117 Å². The van der Waals surface area contributed by atoms with Crippen molar-refractivity contribution in [2.24, 2.45) is 11.7 Å². The molecule has 36 heavy (non-hydrogen) atoms. The first-order valence-corrected chi connectivity index (χ1v) is 12.4. The third-order valence-corrected chi connectivity index (χ3v) is 6.34. The minimum absolute atomic E-state index is 0.108. The second kappa shape index (κ2) is 13.6. The van der Waals surface area contributed by atoms with Crippen molar-refractivity contribution in [1.29, 1.82) is 0 Å². The number of carbonyl (C=O) groups is 3. The van der Waals surface area contributed by atoms with Gasteiger partial charge < -0.3 is 30.9 Å². The maximum atomic E-state index is 13.3. The van der Waals surface area contributed by atoms with Crippen molar-refractivity contribution in [3.8, 4) is 0 Å². The number of nitrogens with one attached hydrogen (secondary N) is 2. The van der Waals surface area contributed by atoms with Crippen molar-refractivity contribution in [3.05, 3.63) is 65.7 Å². The maximum Gasteiger partial charge on any atom is 0.408 e. The van der Waals surface area contributed by atoms with E-state index in [-0.39, 0.29) is 24.3 Å². The number of anilines is 1. The number of benzene rings is 2. The fourth-order valence-corrected chi connectivity index (χ4v) is 4.24. The number of carbonyl (C=O) groups excluding carboxylic acids is 3. The molecular weight excluding hydrogens is 458 g/mol. The van der Waals surface area contributed by atoms with Crippen LogP contribution in [-0.4, -0.2) is 67.5 Å².